The van der Waals surface area contributed by atoms with Gasteiger partial charge in [0.2, 0.25) is 0 Å². The largest absolute Gasteiger partial charge is 0.354 e. The maximum absolute atomic E-state index is 4.43. The number of benzene rings is 1. The molecule has 0 radical (unpaired) electrons. The lowest BCUT2D eigenvalue weighted by Crippen LogP contribution is -2.51. The average molecular weight is 345 g/mol. The molecule has 1 aliphatic carbocycles. The van der Waals surface area contributed by atoms with Crippen LogP contribution >= 0.6 is 0 Å². The van der Waals surface area contributed by atoms with Gasteiger partial charge in [0.15, 0.2) is 5.82 Å². The third-order valence-corrected chi connectivity index (χ3v) is 5.58. The van der Waals surface area contributed by atoms with E-state index in [2.05, 4.69) is 55.7 Å². The zero-order valence-corrected chi connectivity index (χ0v) is 14.9. The summed E-state index contributed by atoms with van der Waals surface area (Å²) in [7, 11) is 0. The Labute approximate surface area is 153 Å². The fourth-order valence-electron chi connectivity index (χ4n) is 4.08. The van der Waals surface area contributed by atoms with Crippen LogP contribution in [0, 0.1) is 5.92 Å². The number of anilines is 1. The van der Waals surface area contributed by atoms with Crippen LogP contribution in [0.3, 0.4) is 0 Å². The monoisotopic (exact) mass is 345 g/mol. The maximum Gasteiger partial charge on any atom is 0.151 e. The van der Waals surface area contributed by atoms with Crippen molar-refractivity contribution < 1.29 is 0 Å². The quantitative estimate of drug-likeness (QED) is 0.771. The van der Waals surface area contributed by atoms with E-state index < -0.39 is 0 Å². The Kier molecular flexibility index (Phi) is 4.02. The number of aromatic nitrogens is 3. The first-order valence-corrected chi connectivity index (χ1v) is 9.50. The second-order valence-corrected chi connectivity index (χ2v) is 7.42. The van der Waals surface area contributed by atoms with Crippen molar-refractivity contribution in [3.05, 3.63) is 59.4 Å². The normalized spacial score (nSPS) is 16.7. The van der Waals surface area contributed by atoms with Gasteiger partial charge in [0.1, 0.15) is 0 Å². The van der Waals surface area contributed by atoms with E-state index in [0.29, 0.717) is 5.92 Å². The molecule has 132 valence electrons. The molecule has 0 amide bonds. The number of nitrogens with one attached hydrogen (secondary N) is 1. The van der Waals surface area contributed by atoms with Crippen molar-refractivity contribution in [3.8, 4) is 0 Å². The van der Waals surface area contributed by atoms with Crippen LogP contribution in [-0.4, -0.2) is 34.8 Å². The van der Waals surface area contributed by atoms with Crippen molar-refractivity contribution in [1.82, 2.24) is 20.5 Å². The molecule has 1 saturated heterocycles. The zero-order valence-electron chi connectivity index (χ0n) is 14.9. The van der Waals surface area contributed by atoms with Gasteiger partial charge in [-0.3, -0.25) is 4.98 Å². The Hall–Kier alpha value is -2.53. The lowest BCUT2D eigenvalue weighted by Gasteiger charge is -2.40. The van der Waals surface area contributed by atoms with E-state index in [1.165, 1.54) is 28.6 Å². The Morgan fingerprint density at radius 1 is 1.08 bits per heavy atom. The molecule has 3 aromatic rings. The highest BCUT2D eigenvalue weighted by atomic mass is 15.3. The van der Waals surface area contributed by atoms with E-state index in [-0.39, 0.29) is 0 Å². The molecule has 0 saturated carbocycles. The summed E-state index contributed by atoms with van der Waals surface area (Å²) in [5.41, 5.74) is 4.99. The molecule has 2 aromatic heterocycles. The molecule has 2 aliphatic rings. The van der Waals surface area contributed by atoms with E-state index in [9.17, 15) is 0 Å². The molecular formula is C21H23N5. The van der Waals surface area contributed by atoms with Gasteiger partial charge in [-0.1, -0.05) is 18.2 Å². The topological polar surface area (TPSA) is 53.9 Å². The standard InChI is InChI=1S/C21H23N5/c1-2-6-20-18(5-1)17(8-9-23-20)12-22-11-15-13-26(14-15)21-10-16-4-3-7-19(16)24-25-21/h1-2,5-6,8-10,15,22H,3-4,7,11-14H2. The second-order valence-electron chi connectivity index (χ2n) is 7.42. The molecule has 26 heavy (non-hydrogen) atoms. The zero-order chi connectivity index (χ0) is 17.3. The second kappa shape index (κ2) is 6.65. The van der Waals surface area contributed by atoms with Gasteiger partial charge in [0.05, 0.1) is 11.2 Å². The summed E-state index contributed by atoms with van der Waals surface area (Å²) in [6.07, 6.45) is 5.38. The van der Waals surface area contributed by atoms with Crippen LogP contribution in [0.2, 0.25) is 0 Å². The molecule has 0 spiro atoms. The highest BCUT2D eigenvalue weighted by Crippen LogP contribution is 2.27. The van der Waals surface area contributed by atoms with Crippen LogP contribution < -0.4 is 10.2 Å². The van der Waals surface area contributed by atoms with Gasteiger partial charge >= 0.3 is 0 Å². The first-order chi connectivity index (χ1) is 12.9. The van der Waals surface area contributed by atoms with Crippen molar-refractivity contribution in [2.24, 2.45) is 5.92 Å². The third kappa shape index (κ3) is 2.92. The number of para-hydroxylation sites is 1. The summed E-state index contributed by atoms with van der Waals surface area (Å²) >= 11 is 0. The minimum atomic E-state index is 0.679. The van der Waals surface area contributed by atoms with Crippen LogP contribution in [0.5, 0.6) is 0 Å². The minimum Gasteiger partial charge on any atom is -0.354 e. The smallest absolute Gasteiger partial charge is 0.151 e. The van der Waals surface area contributed by atoms with Crippen LogP contribution in [0.1, 0.15) is 23.2 Å². The van der Waals surface area contributed by atoms with E-state index in [1.807, 2.05) is 12.3 Å². The van der Waals surface area contributed by atoms with Gasteiger partial charge in [-0.2, -0.15) is 5.10 Å². The molecule has 5 rings (SSSR count). The molecule has 5 nitrogen and oxygen atoms in total. The number of nitrogens with zero attached hydrogens (tertiary/aromatic N) is 4. The van der Waals surface area contributed by atoms with Gasteiger partial charge in [-0.25, -0.2) is 0 Å². The van der Waals surface area contributed by atoms with Crippen molar-refractivity contribution in [3.63, 3.8) is 0 Å². The van der Waals surface area contributed by atoms with Gasteiger partial charge in [0, 0.05) is 43.7 Å². The van der Waals surface area contributed by atoms with E-state index in [4.69, 9.17) is 0 Å². The molecule has 0 atom stereocenters. The number of hydrogen-bond acceptors (Lipinski definition) is 5. The van der Waals surface area contributed by atoms with Gasteiger partial charge < -0.3 is 10.2 Å². The lowest BCUT2D eigenvalue weighted by molar-refractivity contribution is 0.381. The van der Waals surface area contributed by atoms with Crippen molar-refractivity contribution >= 4 is 16.7 Å². The van der Waals surface area contributed by atoms with E-state index >= 15 is 0 Å². The molecular weight excluding hydrogens is 322 g/mol. The minimum absolute atomic E-state index is 0.679. The first-order valence-electron chi connectivity index (χ1n) is 9.50. The van der Waals surface area contributed by atoms with Gasteiger partial charge in [-0.05, 0) is 48.6 Å². The highest BCUT2D eigenvalue weighted by Gasteiger charge is 2.28. The third-order valence-electron chi connectivity index (χ3n) is 5.58. The van der Waals surface area contributed by atoms with Crippen LogP contribution in [0.15, 0.2) is 42.6 Å². The molecule has 1 fully saturated rings. The molecule has 1 N–H and O–H groups in total. The van der Waals surface area contributed by atoms with Crippen LogP contribution in [-0.2, 0) is 19.4 Å². The summed E-state index contributed by atoms with van der Waals surface area (Å²) in [5.74, 6) is 1.74. The van der Waals surface area contributed by atoms with Crippen molar-refractivity contribution in [2.45, 2.75) is 25.8 Å². The number of pyridine rings is 1. The predicted octanol–water partition coefficient (Wildman–Crippen LogP) is 2.74. The van der Waals surface area contributed by atoms with E-state index in [0.717, 1.165) is 50.4 Å². The summed E-state index contributed by atoms with van der Waals surface area (Å²) in [6.45, 7) is 4.05. The molecule has 3 heterocycles. The summed E-state index contributed by atoms with van der Waals surface area (Å²) in [6, 6.07) is 12.7. The number of aryl methyl sites for hydroxylation is 2. The van der Waals surface area contributed by atoms with Gasteiger partial charge in [0.25, 0.3) is 0 Å². The molecule has 1 aromatic carbocycles. The summed E-state index contributed by atoms with van der Waals surface area (Å²) in [4.78, 5) is 6.78. The van der Waals surface area contributed by atoms with Crippen molar-refractivity contribution in [2.75, 3.05) is 24.5 Å². The highest BCUT2D eigenvalue weighted by molar-refractivity contribution is 5.81. The Balaban J connectivity index is 1.15. The fraction of sp³-hybridized carbons (Fsp3) is 0.381. The van der Waals surface area contributed by atoms with Gasteiger partial charge in [-0.15, -0.1) is 5.10 Å². The van der Waals surface area contributed by atoms with Crippen LogP contribution in [0.4, 0.5) is 5.82 Å². The van der Waals surface area contributed by atoms with Crippen molar-refractivity contribution in [1.29, 1.82) is 0 Å². The van der Waals surface area contributed by atoms with E-state index in [1.54, 1.807) is 0 Å². The summed E-state index contributed by atoms with van der Waals surface area (Å²) in [5, 5.41) is 13.7. The average Bonchev–Trinajstić information content (AvgIpc) is 3.11. The maximum atomic E-state index is 4.43. The molecule has 1 aliphatic heterocycles. The number of fused-ring (bicyclic) bond motifs is 2. The molecule has 5 heteroatoms. The summed E-state index contributed by atoms with van der Waals surface area (Å²) < 4.78 is 0. The predicted molar refractivity (Wildman–Crippen MR) is 103 cm³/mol. The van der Waals surface area contributed by atoms with Crippen LogP contribution in [0.25, 0.3) is 10.9 Å². The first kappa shape index (κ1) is 15.7. The Bertz CT molecular complexity index is 927. The lowest BCUT2D eigenvalue weighted by atomic mass is 9.99. The number of rotatable bonds is 5. The molecule has 0 unspecified atom stereocenters. The molecule has 0 bridgehead atoms. The SMILES string of the molecule is c1ccc2c(CNCC3CN(c4cc5c(nn4)CCC5)C3)ccnc2c1. The Morgan fingerprint density at radius 3 is 2.96 bits per heavy atom. The Morgan fingerprint density at radius 2 is 2.00 bits per heavy atom. The number of hydrogen-bond donors (Lipinski definition) is 1. The fourth-order valence-corrected chi connectivity index (χ4v) is 4.08.